The van der Waals surface area contributed by atoms with Crippen molar-refractivity contribution in [1.82, 2.24) is 29.8 Å². The molecule has 1 aromatic carbocycles. The van der Waals surface area contributed by atoms with E-state index in [1.54, 1.807) is 6.20 Å². The van der Waals surface area contributed by atoms with Crippen LogP contribution in [-0.2, 0) is 19.1 Å². The minimum atomic E-state index is -4.41. The maximum absolute atomic E-state index is 13.0. The lowest BCUT2D eigenvalue weighted by molar-refractivity contribution is -0.384. The number of anilines is 3. The predicted molar refractivity (Wildman–Crippen MR) is 139 cm³/mol. The van der Waals surface area contributed by atoms with Gasteiger partial charge < -0.3 is 15.2 Å². The van der Waals surface area contributed by atoms with Gasteiger partial charge in [-0.15, -0.1) is 0 Å². The van der Waals surface area contributed by atoms with Crippen LogP contribution in [0.2, 0.25) is 5.15 Å². The number of fused-ring (bicyclic) bond motifs is 1. The summed E-state index contributed by atoms with van der Waals surface area (Å²) in [6.45, 7) is 5.06. The molecule has 0 amide bonds. The van der Waals surface area contributed by atoms with Gasteiger partial charge in [0.2, 0.25) is 11.8 Å². The quantitative estimate of drug-likeness (QED) is 0.183. The summed E-state index contributed by atoms with van der Waals surface area (Å²) in [5.41, 5.74) is 0.782. The summed E-state index contributed by atoms with van der Waals surface area (Å²) in [5, 5.41) is 14.3. The summed E-state index contributed by atoms with van der Waals surface area (Å²) in [4.78, 5) is 35.5. The van der Waals surface area contributed by atoms with Crippen LogP contribution in [0.15, 0.2) is 36.5 Å². The van der Waals surface area contributed by atoms with E-state index in [4.69, 9.17) is 11.6 Å². The average molecular weight is 562 g/mol. The van der Waals surface area contributed by atoms with E-state index in [2.05, 4.69) is 40.0 Å². The maximum Gasteiger partial charge on any atom is 0.416 e. The first-order valence-corrected chi connectivity index (χ1v) is 12.5. The molecule has 11 nitrogen and oxygen atoms in total. The Balaban J connectivity index is 1.28. The van der Waals surface area contributed by atoms with Gasteiger partial charge in [-0.2, -0.15) is 18.2 Å². The molecule has 0 unspecified atom stereocenters. The fraction of sp³-hybridized carbons (Fsp3) is 0.333. The van der Waals surface area contributed by atoms with E-state index < -0.39 is 16.7 Å². The molecule has 0 atom stereocenters. The zero-order chi connectivity index (χ0) is 27.7. The number of hydrogen-bond donors (Lipinski definition) is 2. The molecule has 0 aliphatic carbocycles. The third-order valence-corrected chi connectivity index (χ3v) is 6.60. The van der Waals surface area contributed by atoms with Gasteiger partial charge in [-0.1, -0.05) is 18.5 Å². The number of hydrogen-bond acceptors (Lipinski definition) is 9. The van der Waals surface area contributed by atoms with E-state index in [0.717, 1.165) is 17.7 Å². The van der Waals surface area contributed by atoms with Crippen LogP contribution < -0.4 is 10.2 Å². The van der Waals surface area contributed by atoms with Gasteiger partial charge in [0, 0.05) is 44.0 Å². The molecule has 1 aliphatic heterocycles. The van der Waals surface area contributed by atoms with Crippen molar-refractivity contribution in [2.24, 2.45) is 0 Å². The molecular weight excluding hydrogens is 539 g/mol. The number of halogens is 4. The molecule has 3 aromatic heterocycles. The first kappa shape index (κ1) is 26.6. The topological polar surface area (TPSA) is 129 Å². The minimum absolute atomic E-state index is 0.0549. The molecule has 1 aliphatic rings. The number of rotatable bonds is 7. The number of benzene rings is 1. The second-order valence-electron chi connectivity index (χ2n) is 8.96. The van der Waals surface area contributed by atoms with E-state index in [1.165, 1.54) is 18.2 Å². The Morgan fingerprint density at radius 3 is 2.59 bits per heavy atom. The van der Waals surface area contributed by atoms with Gasteiger partial charge in [0.25, 0.3) is 0 Å². The van der Waals surface area contributed by atoms with Crippen LogP contribution in [-0.4, -0.2) is 60.9 Å². The van der Waals surface area contributed by atoms with Crippen molar-refractivity contribution in [1.29, 1.82) is 0 Å². The van der Waals surface area contributed by atoms with E-state index >= 15 is 0 Å². The number of aryl methyl sites for hydroxylation is 1. The molecule has 0 radical (unpaired) electrons. The molecule has 5 rings (SSSR count). The summed E-state index contributed by atoms with van der Waals surface area (Å²) in [6, 6.07) is 6.07. The standard InChI is InChI=1S/C24H23ClF3N9O2/c1-2-14-12-29-23(33-21-18(37(38)39)5-6-19(25)32-21)34-22(14)36-9-7-35(8-10-36)13-20-30-16-4-3-15(24(26,27)28)11-17(16)31-20/h3-6,11-12H,2,7-10,13H2,1H3,(H,30,31)(H,29,32,33,34). The number of H-pyrrole nitrogens is 1. The maximum atomic E-state index is 13.0. The van der Waals surface area contributed by atoms with Crippen molar-refractivity contribution >= 4 is 45.9 Å². The summed E-state index contributed by atoms with van der Waals surface area (Å²) in [5.74, 6) is 1.41. The smallest absolute Gasteiger partial charge is 0.354 e. The lowest BCUT2D eigenvalue weighted by Crippen LogP contribution is -2.46. The van der Waals surface area contributed by atoms with Crippen LogP contribution >= 0.6 is 11.6 Å². The number of alkyl halides is 3. The summed E-state index contributed by atoms with van der Waals surface area (Å²) >= 11 is 5.93. The number of pyridine rings is 1. The monoisotopic (exact) mass is 561 g/mol. The second kappa shape index (κ2) is 10.6. The Morgan fingerprint density at radius 2 is 1.90 bits per heavy atom. The third-order valence-electron chi connectivity index (χ3n) is 6.39. The number of aromatic nitrogens is 5. The van der Waals surface area contributed by atoms with Crippen molar-refractivity contribution in [3.05, 3.63) is 68.7 Å². The second-order valence-corrected chi connectivity index (χ2v) is 9.34. The van der Waals surface area contributed by atoms with Crippen molar-refractivity contribution in [3.8, 4) is 0 Å². The van der Waals surface area contributed by atoms with Crippen LogP contribution in [0.3, 0.4) is 0 Å². The highest BCUT2D eigenvalue weighted by atomic mass is 35.5. The van der Waals surface area contributed by atoms with Crippen molar-refractivity contribution in [2.45, 2.75) is 26.1 Å². The van der Waals surface area contributed by atoms with Crippen LogP contribution in [0, 0.1) is 10.1 Å². The van der Waals surface area contributed by atoms with Gasteiger partial charge >= 0.3 is 11.9 Å². The summed E-state index contributed by atoms with van der Waals surface area (Å²) in [7, 11) is 0. The van der Waals surface area contributed by atoms with Gasteiger partial charge in [0.05, 0.1) is 28.1 Å². The van der Waals surface area contributed by atoms with Crippen molar-refractivity contribution < 1.29 is 18.1 Å². The summed E-state index contributed by atoms with van der Waals surface area (Å²) < 4.78 is 39.1. The Kier molecular flexibility index (Phi) is 7.23. The largest absolute Gasteiger partial charge is 0.416 e. The van der Waals surface area contributed by atoms with E-state index in [1.807, 2.05) is 6.92 Å². The zero-order valence-electron chi connectivity index (χ0n) is 20.7. The molecule has 0 bridgehead atoms. The van der Waals surface area contributed by atoms with Gasteiger partial charge in [-0.05, 0) is 30.7 Å². The van der Waals surface area contributed by atoms with Crippen molar-refractivity contribution in [2.75, 3.05) is 36.4 Å². The number of aromatic amines is 1. The average Bonchev–Trinajstić information content (AvgIpc) is 3.30. The molecule has 4 aromatic rings. The number of imidazole rings is 1. The molecule has 0 saturated carbocycles. The first-order chi connectivity index (χ1) is 18.6. The summed E-state index contributed by atoms with van der Waals surface area (Å²) in [6.07, 6.45) is -2.05. The Hall–Kier alpha value is -4.04. The van der Waals surface area contributed by atoms with Crippen LogP contribution in [0.25, 0.3) is 11.0 Å². The van der Waals surface area contributed by atoms with Crippen molar-refractivity contribution in [3.63, 3.8) is 0 Å². The highest BCUT2D eigenvalue weighted by Gasteiger charge is 2.31. The fourth-order valence-electron chi connectivity index (χ4n) is 4.40. The SMILES string of the molecule is CCc1cnc(Nc2nc(Cl)ccc2[N+](=O)[O-])nc1N1CCN(Cc2nc3ccc(C(F)(F)F)cc3[nH]2)CC1. The number of nitro groups is 1. The molecular formula is C24H23ClF3N9O2. The van der Waals surface area contributed by atoms with Crippen LogP contribution in [0.4, 0.5) is 36.4 Å². The molecule has 1 saturated heterocycles. The molecule has 15 heteroatoms. The van der Waals surface area contributed by atoms with Gasteiger partial charge in [-0.3, -0.25) is 15.0 Å². The Labute approximate surface area is 225 Å². The highest BCUT2D eigenvalue weighted by molar-refractivity contribution is 6.29. The Bertz CT molecular complexity index is 1520. The fourth-order valence-corrected chi connectivity index (χ4v) is 4.55. The zero-order valence-corrected chi connectivity index (χ0v) is 21.4. The van der Waals surface area contributed by atoms with Gasteiger partial charge in [-0.25, -0.2) is 15.0 Å². The number of nitrogens with zero attached hydrogens (tertiary/aromatic N) is 7. The van der Waals surface area contributed by atoms with Crippen LogP contribution in [0.1, 0.15) is 23.9 Å². The lowest BCUT2D eigenvalue weighted by atomic mass is 10.2. The normalized spacial score (nSPS) is 14.6. The molecule has 39 heavy (non-hydrogen) atoms. The number of piperazine rings is 1. The van der Waals surface area contributed by atoms with Crippen LogP contribution in [0.5, 0.6) is 0 Å². The highest BCUT2D eigenvalue weighted by Crippen LogP contribution is 2.31. The number of nitrogens with one attached hydrogen (secondary N) is 2. The molecule has 4 heterocycles. The van der Waals surface area contributed by atoms with E-state index in [-0.39, 0.29) is 22.6 Å². The van der Waals surface area contributed by atoms with E-state index in [0.29, 0.717) is 61.8 Å². The molecule has 2 N–H and O–H groups in total. The van der Waals surface area contributed by atoms with E-state index in [9.17, 15) is 23.3 Å². The third kappa shape index (κ3) is 5.86. The predicted octanol–water partition coefficient (Wildman–Crippen LogP) is 4.96. The lowest BCUT2D eigenvalue weighted by Gasteiger charge is -2.35. The Morgan fingerprint density at radius 1 is 1.13 bits per heavy atom. The van der Waals surface area contributed by atoms with Gasteiger partial charge in [0.1, 0.15) is 16.8 Å². The first-order valence-electron chi connectivity index (χ1n) is 12.1. The molecule has 1 fully saturated rings. The molecule has 204 valence electrons. The minimum Gasteiger partial charge on any atom is -0.354 e. The van der Waals surface area contributed by atoms with Gasteiger partial charge in [0.15, 0.2) is 0 Å². The molecule has 0 spiro atoms.